The van der Waals surface area contributed by atoms with Crippen LogP contribution in [0.1, 0.15) is 27.6 Å². The molecule has 0 fully saturated rings. The number of aryl methyl sites for hydroxylation is 3. The minimum absolute atomic E-state index is 0.0325. The smallest absolute Gasteiger partial charge is 0.259 e. The molecule has 0 bridgehead atoms. The number of rotatable bonds is 5. The lowest BCUT2D eigenvalue weighted by atomic mass is 10.1. The molecule has 3 aromatic rings. The second kappa shape index (κ2) is 8.11. The molecule has 0 aliphatic rings. The summed E-state index contributed by atoms with van der Waals surface area (Å²) in [6.45, 7) is 6.05. The second-order valence-electron chi connectivity index (χ2n) is 6.51. The quantitative estimate of drug-likeness (QED) is 0.319. The van der Waals surface area contributed by atoms with Gasteiger partial charge in [0.25, 0.3) is 5.69 Å². The van der Waals surface area contributed by atoms with E-state index in [2.05, 4.69) is 28.2 Å². The summed E-state index contributed by atoms with van der Waals surface area (Å²) in [6, 6.07) is 12.6. The molecule has 0 spiro atoms. The monoisotopic (exact) mass is 390 g/mol. The molecular formula is C21H18N4O2S. The molecule has 0 saturated heterocycles. The van der Waals surface area contributed by atoms with E-state index in [1.165, 1.54) is 29.0 Å². The SMILES string of the molecule is Cc1cc(C)c(N=CC(C#N)c2nc(-c3ccc([N+](=O)[O-])cc3)cs2)c(C)c1. The van der Waals surface area contributed by atoms with Crippen molar-refractivity contribution >= 4 is 28.9 Å². The van der Waals surface area contributed by atoms with E-state index in [-0.39, 0.29) is 5.69 Å². The van der Waals surface area contributed by atoms with Gasteiger partial charge in [-0.3, -0.25) is 15.1 Å². The fourth-order valence-corrected chi connectivity index (χ4v) is 3.83. The summed E-state index contributed by atoms with van der Waals surface area (Å²) in [5, 5.41) is 22.8. The highest BCUT2D eigenvalue weighted by Gasteiger charge is 2.15. The van der Waals surface area contributed by atoms with Crippen LogP contribution in [0.4, 0.5) is 11.4 Å². The van der Waals surface area contributed by atoms with Gasteiger partial charge in [-0.05, 0) is 44.0 Å². The largest absolute Gasteiger partial charge is 0.269 e. The lowest BCUT2D eigenvalue weighted by Gasteiger charge is -2.07. The molecule has 2 aromatic carbocycles. The number of aromatic nitrogens is 1. The minimum Gasteiger partial charge on any atom is -0.259 e. The summed E-state index contributed by atoms with van der Waals surface area (Å²) >= 11 is 1.37. The number of benzene rings is 2. The van der Waals surface area contributed by atoms with Crippen molar-refractivity contribution in [3.63, 3.8) is 0 Å². The summed E-state index contributed by atoms with van der Waals surface area (Å²) in [6.07, 6.45) is 1.63. The lowest BCUT2D eigenvalue weighted by Crippen LogP contribution is -1.97. The molecule has 3 rings (SSSR count). The Morgan fingerprint density at radius 1 is 1.21 bits per heavy atom. The number of nitro groups is 1. The number of nitro benzene ring substituents is 1. The molecule has 1 heterocycles. The predicted octanol–water partition coefficient (Wildman–Crippen LogP) is 5.65. The van der Waals surface area contributed by atoms with Crippen LogP contribution in [0.25, 0.3) is 11.3 Å². The summed E-state index contributed by atoms with van der Waals surface area (Å²) < 4.78 is 0. The summed E-state index contributed by atoms with van der Waals surface area (Å²) in [5.41, 5.74) is 5.67. The van der Waals surface area contributed by atoms with Gasteiger partial charge < -0.3 is 0 Å². The molecule has 0 radical (unpaired) electrons. The van der Waals surface area contributed by atoms with Gasteiger partial charge in [-0.25, -0.2) is 4.98 Å². The topological polar surface area (TPSA) is 92.2 Å². The van der Waals surface area contributed by atoms with E-state index >= 15 is 0 Å². The zero-order valence-corrected chi connectivity index (χ0v) is 16.5. The first-order valence-electron chi connectivity index (χ1n) is 8.61. The maximum absolute atomic E-state index is 10.8. The number of thiazole rings is 1. The summed E-state index contributed by atoms with van der Waals surface area (Å²) in [5.74, 6) is -0.558. The van der Waals surface area contributed by atoms with Crippen LogP contribution in [0.3, 0.4) is 0 Å². The fraction of sp³-hybridized carbons (Fsp3) is 0.190. The van der Waals surface area contributed by atoms with Crippen molar-refractivity contribution in [2.24, 2.45) is 4.99 Å². The summed E-state index contributed by atoms with van der Waals surface area (Å²) in [7, 11) is 0. The van der Waals surface area contributed by atoms with Crippen molar-refractivity contribution < 1.29 is 4.92 Å². The molecule has 0 saturated carbocycles. The van der Waals surface area contributed by atoms with Gasteiger partial charge in [0.2, 0.25) is 0 Å². The van der Waals surface area contributed by atoms with Crippen molar-refractivity contribution in [3.8, 4) is 17.3 Å². The Morgan fingerprint density at radius 3 is 2.43 bits per heavy atom. The van der Waals surface area contributed by atoms with Crippen LogP contribution in [0.2, 0.25) is 0 Å². The number of nitriles is 1. The summed E-state index contributed by atoms with van der Waals surface area (Å²) in [4.78, 5) is 19.4. The third kappa shape index (κ3) is 4.13. The molecule has 0 amide bonds. The average Bonchev–Trinajstić information content (AvgIpc) is 3.14. The number of hydrogen-bond donors (Lipinski definition) is 0. The number of nitrogens with zero attached hydrogens (tertiary/aromatic N) is 4. The van der Waals surface area contributed by atoms with Crippen LogP contribution in [0.15, 0.2) is 46.8 Å². The maximum Gasteiger partial charge on any atom is 0.269 e. The van der Waals surface area contributed by atoms with Crippen LogP contribution in [-0.4, -0.2) is 16.1 Å². The molecule has 140 valence electrons. The van der Waals surface area contributed by atoms with E-state index in [1.54, 1.807) is 18.3 Å². The standard InChI is InChI=1S/C21H18N4O2S/c1-13-8-14(2)20(15(3)9-13)23-11-17(10-22)21-24-19(12-28-21)16-4-6-18(7-5-16)25(26)27/h4-9,11-12,17H,1-3H3. The van der Waals surface area contributed by atoms with E-state index in [1.807, 2.05) is 26.2 Å². The highest BCUT2D eigenvalue weighted by molar-refractivity contribution is 7.10. The molecule has 6 nitrogen and oxygen atoms in total. The van der Waals surface area contributed by atoms with Crippen molar-refractivity contribution in [1.82, 2.24) is 4.98 Å². The molecule has 7 heteroatoms. The highest BCUT2D eigenvalue weighted by atomic mass is 32.1. The van der Waals surface area contributed by atoms with Crippen LogP contribution in [0.5, 0.6) is 0 Å². The first-order valence-corrected chi connectivity index (χ1v) is 9.49. The Labute approximate surface area is 167 Å². The van der Waals surface area contributed by atoms with Crippen molar-refractivity contribution in [1.29, 1.82) is 5.26 Å². The van der Waals surface area contributed by atoms with Crippen LogP contribution < -0.4 is 0 Å². The second-order valence-corrected chi connectivity index (χ2v) is 7.40. The first-order chi connectivity index (χ1) is 13.4. The first kappa shape index (κ1) is 19.4. The third-order valence-electron chi connectivity index (χ3n) is 4.29. The van der Waals surface area contributed by atoms with Gasteiger partial charge in [0.15, 0.2) is 0 Å². The number of non-ortho nitro benzene ring substituents is 1. The number of aliphatic imine (C=N–C) groups is 1. The van der Waals surface area contributed by atoms with Crippen LogP contribution in [-0.2, 0) is 0 Å². The van der Waals surface area contributed by atoms with E-state index in [4.69, 9.17) is 0 Å². The van der Waals surface area contributed by atoms with Gasteiger partial charge in [0, 0.05) is 29.3 Å². The maximum atomic E-state index is 10.8. The minimum atomic E-state index is -0.558. The lowest BCUT2D eigenvalue weighted by molar-refractivity contribution is -0.384. The molecule has 1 atom stereocenters. The predicted molar refractivity (Wildman–Crippen MR) is 111 cm³/mol. The third-order valence-corrected chi connectivity index (χ3v) is 5.22. The molecular weight excluding hydrogens is 372 g/mol. The Kier molecular flexibility index (Phi) is 5.62. The van der Waals surface area contributed by atoms with Gasteiger partial charge in [-0.1, -0.05) is 17.7 Å². The number of hydrogen-bond acceptors (Lipinski definition) is 6. The average molecular weight is 390 g/mol. The van der Waals surface area contributed by atoms with E-state index < -0.39 is 10.8 Å². The zero-order valence-electron chi connectivity index (χ0n) is 15.7. The van der Waals surface area contributed by atoms with E-state index in [0.717, 1.165) is 22.4 Å². The van der Waals surface area contributed by atoms with Gasteiger partial charge in [0.1, 0.15) is 10.9 Å². The fourth-order valence-electron chi connectivity index (χ4n) is 2.99. The van der Waals surface area contributed by atoms with Crippen molar-refractivity contribution in [3.05, 3.63) is 73.6 Å². The van der Waals surface area contributed by atoms with Crippen LogP contribution >= 0.6 is 11.3 Å². The van der Waals surface area contributed by atoms with Gasteiger partial charge in [-0.15, -0.1) is 11.3 Å². The Hall–Kier alpha value is -3.37. The molecule has 0 aliphatic heterocycles. The van der Waals surface area contributed by atoms with E-state index in [0.29, 0.717) is 10.7 Å². The Bertz CT molecular complexity index is 1070. The molecule has 1 aromatic heterocycles. The molecule has 0 N–H and O–H groups in total. The molecule has 28 heavy (non-hydrogen) atoms. The normalized spacial score (nSPS) is 12.1. The zero-order chi connectivity index (χ0) is 20.3. The Balaban J connectivity index is 1.85. The van der Waals surface area contributed by atoms with Gasteiger partial charge in [-0.2, -0.15) is 5.26 Å². The Morgan fingerprint density at radius 2 is 1.86 bits per heavy atom. The van der Waals surface area contributed by atoms with E-state index in [9.17, 15) is 15.4 Å². The van der Waals surface area contributed by atoms with Gasteiger partial charge >= 0.3 is 0 Å². The van der Waals surface area contributed by atoms with Crippen molar-refractivity contribution in [2.45, 2.75) is 26.7 Å². The van der Waals surface area contributed by atoms with Crippen LogP contribution in [0, 0.1) is 42.2 Å². The van der Waals surface area contributed by atoms with Gasteiger partial charge in [0.05, 0.1) is 22.4 Å². The molecule has 1 unspecified atom stereocenters. The highest BCUT2D eigenvalue weighted by Crippen LogP contribution is 2.29. The molecule has 0 aliphatic carbocycles. The van der Waals surface area contributed by atoms with Crippen molar-refractivity contribution in [2.75, 3.05) is 0 Å².